The molecule has 0 aromatic heterocycles. The number of para-hydroxylation sites is 1. The van der Waals surface area contributed by atoms with Gasteiger partial charge in [-0.1, -0.05) is 50.1 Å². The minimum atomic E-state index is 0.363. The summed E-state index contributed by atoms with van der Waals surface area (Å²) in [5.74, 6) is 1.73. The van der Waals surface area contributed by atoms with Crippen LogP contribution in [0.5, 0.6) is 5.75 Å². The van der Waals surface area contributed by atoms with E-state index in [-0.39, 0.29) is 0 Å². The van der Waals surface area contributed by atoms with Gasteiger partial charge in [0.2, 0.25) is 0 Å². The molecule has 0 spiro atoms. The molecule has 0 saturated heterocycles. The fraction of sp³-hybridized carbons (Fsp3) is 0.500. The van der Waals surface area contributed by atoms with Gasteiger partial charge in [-0.25, -0.2) is 0 Å². The van der Waals surface area contributed by atoms with Crippen LogP contribution >= 0.6 is 31.9 Å². The van der Waals surface area contributed by atoms with Crippen LogP contribution in [0.15, 0.2) is 24.3 Å². The second-order valence-corrected chi connectivity index (χ2v) is 5.26. The normalized spacial score (nSPS) is 19.0. The first kappa shape index (κ1) is 11.5. The lowest BCUT2D eigenvalue weighted by atomic mass is 10.0. The lowest BCUT2D eigenvalue weighted by Crippen LogP contribution is -2.19. The van der Waals surface area contributed by atoms with Crippen LogP contribution in [0.25, 0.3) is 0 Å². The Kier molecular flexibility index (Phi) is 4.09. The molecular formula is C12H14Br2O. The zero-order valence-corrected chi connectivity index (χ0v) is 11.6. The predicted molar refractivity (Wildman–Crippen MR) is 70.3 cm³/mol. The van der Waals surface area contributed by atoms with Crippen LogP contribution in [-0.2, 0) is 6.42 Å². The quantitative estimate of drug-likeness (QED) is 0.762. The van der Waals surface area contributed by atoms with Gasteiger partial charge in [-0.3, -0.25) is 0 Å². The molecule has 2 rings (SSSR count). The van der Waals surface area contributed by atoms with Crippen molar-refractivity contribution in [2.24, 2.45) is 5.92 Å². The molecule has 1 aliphatic rings. The lowest BCUT2D eigenvalue weighted by molar-refractivity contribution is 0.205. The Labute approximate surface area is 107 Å². The smallest absolute Gasteiger partial charge is 0.123 e. The van der Waals surface area contributed by atoms with E-state index in [1.54, 1.807) is 0 Å². The summed E-state index contributed by atoms with van der Waals surface area (Å²) < 4.78 is 5.90. The molecule has 0 fully saturated rings. The number of alkyl halides is 2. The van der Waals surface area contributed by atoms with E-state index in [4.69, 9.17) is 4.74 Å². The van der Waals surface area contributed by atoms with Crippen LogP contribution < -0.4 is 4.74 Å². The molecule has 1 aromatic carbocycles. The van der Waals surface area contributed by atoms with Gasteiger partial charge < -0.3 is 4.74 Å². The Balaban J connectivity index is 1.95. The predicted octanol–water partition coefficient (Wildman–Crippen LogP) is 3.79. The highest BCUT2D eigenvalue weighted by Gasteiger charge is 2.24. The number of rotatable bonds is 4. The van der Waals surface area contributed by atoms with E-state index in [1.807, 2.05) is 6.07 Å². The van der Waals surface area contributed by atoms with Crippen molar-refractivity contribution in [3.63, 3.8) is 0 Å². The summed E-state index contributed by atoms with van der Waals surface area (Å²) in [5, 5.41) is 2.07. The van der Waals surface area contributed by atoms with Crippen LogP contribution in [0, 0.1) is 5.92 Å². The Hall–Kier alpha value is -0.0200. The van der Waals surface area contributed by atoms with Crippen molar-refractivity contribution >= 4 is 31.9 Å². The van der Waals surface area contributed by atoms with Gasteiger partial charge >= 0.3 is 0 Å². The van der Waals surface area contributed by atoms with E-state index in [2.05, 4.69) is 50.1 Å². The van der Waals surface area contributed by atoms with Crippen LogP contribution in [0.3, 0.4) is 0 Å². The van der Waals surface area contributed by atoms with Crippen molar-refractivity contribution in [1.82, 2.24) is 0 Å². The largest absolute Gasteiger partial charge is 0.490 e. The Bertz CT molecular complexity index is 298. The molecule has 3 heteroatoms. The molecule has 0 amide bonds. The first-order valence-corrected chi connectivity index (χ1v) is 7.44. The second kappa shape index (κ2) is 5.35. The maximum atomic E-state index is 5.90. The molecular weight excluding hydrogens is 320 g/mol. The van der Waals surface area contributed by atoms with E-state index >= 15 is 0 Å². The highest BCUT2D eigenvalue weighted by Crippen LogP contribution is 2.31. The van der Waals surface area contributed by atoms with Crippen LogP contribution in [0.4, 0.5) is 0 Å². The number of halogens is 2. The third-order valence-corrected chi connectivity index (χ3v) is 4.58. The molecule has 1 unspecified atom stereocenters. The van der Waals surface area contributed by atoms with Crippen molar-refractivity contribution in [2.45, 2.75) is 18.9 Å². The maximum absolute atomic E-state index is 5.90. The van der Waals surface area contributed by atoms with Crippen molar-refractivity contribution in [3.8, 4) is 5.75 Å². The molecule has 1 heterocycles. The maximum Gasteiger partial charge on any atom is 0.123 e. The molecule has 15 heavy (non-hydrogen) atoms. The number of hydrogen-bond acceptors (Lipinski definition) is 1. The van der Waals surface area contributed by atoms with E-state index in [0.29, 0.717) is 12.0 Å². The zero-order chi connectivity index (χ0) is 10.7. The third kappa shape index (κ3) is 2.76. The summed E-state index contributed by atoms with van der Waals surface area (Å²) >= 11 is 7.07. The first-order valence-electron chi connectivity index (χ1n) is 5.20. The molecule has 1 atom stereocenters. The molecule has 0 aliphatic carbocycles. The molecule has 1 aliphatic heterocycles. The van der Waals surface area contributed by atoms with Gasteiger partial charge in [0.05, 0.1) is 0 Å². The van der Waals surface area contributed by atoms with Gasteiger partial charge in [0.1, 0.15) is 11.9 Å². The minimum absolute atomic E-state index is 0.363. The summed E-state index contributed by atoms with van der Waals surface area (Å²) in [5.41, 5.74) is 1.35. The molecule has 82 valence electrons. The summed E-state index contributed by atoms with van der Waals surface area (Å²) in [4.78, 5) is 0. The van der Waals surface area contributed by atoms with Gasteiger partial charge in [0.25, 0.3) is 0 Å². The molecule has 0 saturated carbocycles. The average molecular weight is 334 g/mol. The van der Waals surface area contributed by atoms with Crippen LogP contribution in [0.2, 0.25) is 0 Å². The van der Waals surface area contributed by atoms with E-state index in [0.717, 1.165) is 29.3 Å². The first-order chi connectivity index (χ1) is 7.33. The Morgan fingerprint density at radius 2 is 2.00 bits per heavy atom. The molecule has 0 bridgehead atoms. The van der Waals surface area contributed by atoms with Crippen molar-refractivity contribution in [2.75, 3.05) is 10.7 Å². The number of benzene rings is 1. The van der Waals surface area contributed by atoms with E-state index in [9.17, 15) is 0 Å². The van der Waals surface area contributed by atoms with Crippen LogP contribution in [0.1, 0.15) is 12.0 Å². The summed E-state index contributed by atoms with van der Waals surface area (Å²) in [6, 6.07) is 8.34. The Morgan fingerprint density at radius 3 is 2.67 bits per heavy atom. The fourth-order valence-corrected chi connectivity index (χ4v) is 3.53. The van der Waals surface area contributed by atoms with E-state index < -0.39 is 0 Å². The topological polar surface area (TPSA) is 9.23 Å². The number of hydrogen-bond donors (Lipinski definition) is 0. The standard InChI is InChI=1S/C12H14Br2O/c13-7-9(8-14)5-11-6-10-3-1-2-4-12(10)15-11/h1-4,9,11H,5-8H2. The molecule has 1 nitrogen and oxygen atoms in total. The molecule has 0 N–H and O–H groups in total. The van der Waals surface area contributed by atoms with Gasteiger partial charge in [-0.15, -0.1) is 0 Å². The molecule has 0 radical (unpaired) electrons. The fourth-order valence-electron chi connectivity index (χ4n) is 1.92. The van der Waals surface area contributed by atoms with Gasteiger partial charge in [0.15, 0.2) is 0 Å². The SMILES string of the molecule is BrCC(CBr)CC1Cc2ccccc2O1. The van der Waals surface area contributed by atoms with Crippen LogP contribution in [-0.4, -0.2) is 16.8 Å². The number of ether oxygens (including phenoxy) is 1. The monoisotopic (exact) mass is 332 g/mol. The van der Waals surface area contributed by atoms with Crippen molar-refractivity contribution < 1.29 is 4.74 Å². The number of fused-ring (bicyclic) bond motifs is 1. The summed E-state index contributed by atoms with van der Waals surface area (Å²) in [7, 11) is 0. The zero-order valence-electron chi connectivity index (χ0n) is 8.46. The summed E-state index contributed by atoms with van der Waals surface area (Å²) in [6.07, 6.45) is 2.54. The minimum Gasteiger partial charge on any atom is -0.490 e. The van der Waals surface area contributed by atoms with Gasteiger partial charge in [-0.05, 0) is 24.0 Å². The van der Waals surface area contributed by atoms with Crippen molar-refractivity contribution in [1.29, 1.82) is 0 Å². The lowest BCUT2D eigenvalue weighted by Gasteiger charge is -2.16. The summed E-state index contributed by atoms with van der Waals surface area (Å²) in [6.45, 7) is 0. The highest BCUT2D eigenvalue weighted by atomic mass is 79.9. The third-order valence-electron chi connectivity index (χ3n) is 2.75. The second-order valence-electron chi connectivity index (χ2n) is 3.96. The van der Waals surface area contributed by atoms with Gasteiger partial charge in [0, 0.05) is 17.1 Å². The van der Waals surface area contributed by atoms with Crippen molar-refractivity contribution in [3.05, 3.63) is 29.8 Å². The molecule has 1 aromatic rings. The van der Waals surface area contributed by atoms with E-state index in [1.165, 1.54) is 5.56 Å². The highest BCUT2D eigenvalue weighted by molar-refractivity contribution is 9.09. The van der Waals surface area contributed by atoms with Gasteiger partial charge in [-0.2, -0.15) is 0 Å². The average Bonchev–Trinajstić information content (AvgIpc) is 2.68. The Morgan fingerprint density at radius 1 is 1.27 bits per heavy atom.